The first-order chi connectivity index (χ1) is 38.2. The van der Waals surface area contributed by atoms with Crippen molar-refractivity contribution in [2.24, 2.45) is 0 Å². The SMILES string of the molecule is C=CCOCC(COc1ccccc1C(C)c1ccccc1)OCC(COCC=C)OCCOCCOCCOCCOCCOCCOCCOCCOCCOCCOCCOCCOCCOCCOCCOC. The zero-order chi connectivity index (χ0) is 54.8. The molecule has 0 amide bonds. The zero-order valence-electron chi connectivity index (χ0n) is 46.6. The predicted molar refractivity (Wildman–Crippen MR) is 291 cm³/mol. The molecule has 2 rings (SSSR count). The van der Waals surface area contributed by atoms with Gasteiger partial charge in [0.15, 0.2) is 0 Å². The molecule has 0 fully saturated rings. The molecule has 0 bridgehead atoms. The van der Waals surface area contributed by atoms with E-state index in [0.717, 1.165) is 11.3 Å². The van der Waals surface area contributed by atoms with Crippen LogP contribution < -0.4 is 4.74 Å². The number of benzene rings is 2. The Hall–Kier alpha value is -3.04. The molecule has 20 nitrogen and oxygen atoms in total. The number of hydrogen-bond acceptors (Lipinski definition) is 20. The maximum absolute atomic E-state index is 6.36. The van der Waals surface area contributed by atoms with Crippen molar-refractivity contribution in [1.29, 1.82) is 0 Å². The van der Waals surface area contributed by atoms with E-state index >= 15 is 0 Å². The van der Waals surface area contributed by atoms with Gasteiger partial charge in [-0.2, -0.15) is 0 Å². The number of rotatable bonds is 62. The summed E-state index contributed by atoms with van der Waals surface area (Å²) in [7, 11) is 1.64. The third-order valence-electron chi connectivity index (χ3n) is 10.6. The summed E-state index contributed by atoms with van der Waals surface area (Å²) in [5, 5.41) is 0. The molecule has 0 heterocycles. The number of hydrogen-bond donors (Lipinski definition) is 0. The lowest BCUT2D eigenvalue weighted by Gasteiger charge is -2.24. The monoisotopic (exact) mass is 1100 g/mol. The summed E-state index contributed by atoms with van der Waals surface area (Å²) in [5.41, 5.74) is 2.32. The molecule has 2 aromatic carbocycles. The third kappa shape index (κ3) is 44.4. The Labute approximate surface area is 460 Å². The van der Waals surface area contributed by atoms with Gasteiger partial charge >= 0.3 is 0 Å². The summed E-state index contributed by atoms with van der Waals surface area (Å²) in [5.74, 6) is 0.967. The van der Waals surface area contributed by atoms with E-state index in [2.05, 4.69) is 50.4 Å². The van der Waals surface area contributed by atoms with Crippen LogP contribution in [0.1, 0.15) is 24.0 Å². The van der Waals surface area contributed by atoms with Crippen LogP contribution in [0.2, 0.25) is 0 Å². The second-order valence-corrected chi connectivity index (χ2v) is 16.6. The first kappa shape index (κ1) is 70.1. The fourth-order valence-electron chi connectivity index (χ4n) is 6.55. The molecule has 0 aliphatic carbocycles. The van der Waals surface area contributed by atoms with Gasteiger partial charge in [-0.15, -0.1) is 13.2 Å². The van der Waals surface area contributed by atoms with E-state index in [-0.39, 0.29) is 24.7 Å². The van der Waals surface area contributed by atoms with Crippen molar-refractivity contribution in [1.82, 2.24) is 0 Å². The van der Waals surface area contributed by atoms with Crippen LogP contribution in [-0.4, -0.2) is 257 Å². The van der Waals surface area contributed by atoms with Crippen LogP contribution in [0, 0.1) is 0 Å². The average Bonchev–Trinajstić information content (AvgIpc) is 3.45. The van der Waals surface area contributed by atoms with Crippen molar-refractivity contribution >= 4 is 0 Å². The quantitative estimate of drug-likeness (QED) is 0.0616. The molecule has 0 saturated carbocycles. The Morgan fingerprint density at radius 3 is 1.00 bits per heavy atom. The fourth-order valence-corrected chi connectivity index (χ4v) is 6.55. The van der Waals surface area contributed by atoms with Gasteiger partial charge in [0.25, 0.3) is 0 Å². The van der Waals surface area contributed by atoms with Crippen LogP contribution >= 0.6 is 0 Å². The van der Waals surface area contributed by atoms with E-state index in [1.807, 2.05) is 24.3 Å². The molecule has 444 valence electrons. The molecule has 0 aliphatic rings. The highest BCUT2D eigenvalue weighted by molar-refractivity contribution is 5.41. The lowest BCUT2D eigenvalue weighted by atomic mass is 9.92. The van der Waals surface area contributed by atoms with E-state index < -0.39 is 0 Å². The van der Waals surface area contributed by atoms with Crippen LogP contribution in [0.15, 0.2) is 79.9 Å². The number of ether oxygens (including phenoxy) is 20. The highest BCUT2D eigenvalue weighted by Crippen LogP contribution is 2.31. The number of para-hydroxylation sites is 1. The highest BCUT2D eigenvalue weighted by Gasteiger charge is 2.19. The minimum atomic E-state index is -0.354. The molecule has 20 heteroatoms. The van der Waals surface area contributed by atoms with Gasteiger partial charge in [0.2, 0.25) is 0 Å². The van der Waals surface area contributed by atoms with Crippen LogP contribution in [0.25, 0.3) is 0 Å². The summed E-state index contributed by atoms with van der Waals surface area (Å²) >= 11 is 0. The zero-order valence-corrected chi connectivity index (χ0v) is 46.6. The molecular weight excluding hydrogens is 1000 g/mol. The molecule has 0 spiro atoms. The molecular formula is C57H96O20. The second kappa shape index (κ2) is 56.2. The average molecular weight is 1100 g/mol. The maximum atomic E-state index is 6.36. The van der Waals surface area contributed by atoms with E-state index in [0.29, 0.717) is 231 Å². The first-order valence-corrected chi connectivity index (χ1v) is 27.1. The van der Waals surface area contributed by atoms with Crippen molar-refractivity contribution in [3.8, 4) is 5.75 Å². The fraction of sp³-hybridized carbons (Fsp3) is 0.719. The normalized spacial score (nSPS) is 12.8. The lowest BCUT2D eigenvalue weighted by Crippen LogP contribution is -2.34. The minimum absolute atomic E-state index is 0.158. The Kier molecular flexibility index (Phi) is 51.2. The van der Waals surface area contributed by atoms with Crippen LogP contribution in [0.5, 0.6) is 5.75 Å². The molecule has 2 aromatic rings. The van der Waals surface area contributed by atoms with E-state index in [4.69, 9.17) is 94.7 Å². The topological polar surface area (TPSA) is 185 Å². The minimum Gasteiger partial charge on any atom is -0.490 e. The van der Waals surface area contributed by atoms with Gasteiger partial charge in [0, 0.05) is 18.6 Å². The van der Waals surface area contributed by atoms with Crippen molar-refractivity contribution in [3.05, 3.63) is 91.0 Å². The van der Waals surface area contributed by atoms with Gasteiger partial charge in [0.1, 0.15) is 24.6 Å². The largest absolute Gasteiger partial charge is 0.490 e. The maximum Gasteiger partial charge on any atom is 0.123 e. The van der Waals surface area contributed by atoms with E-state index in [1.165, 1.54) is 5.56 Å². The first-order valence-electron chi connectivity index (χ1n) is 27.1. The second-order valence-electron chi connectivity index (χ2n) is 16.6. The molecule has 0 aliphatic heterocycles. The standard InChI is InChI=1S/C57H96O20/c1-5-16-73-48-54(50-76-55(49-74-17-6-2)51-77-57-15-11-10-14-56(57)52(3)53-12-8-7-9-13-53)75-47-46-72-45-44-71-43-42-70-41-40-69-39-38-68-37-36-67-35-34-66-33-32-65-31-30-64-29-28-63-27-26-62-25-24-61-23-22-60-21-20-59-19-18-58-4/h5-15,52,54-55H,1-2,16-51H2,3-4H3. The van der Waals surface area contributed by atoms with E-state index in [1.54, 1.807) is 19.3 Å². The Bertz CT molecular complexity index is 1530. The number of methoxy groups -OCH3 is 1. The van der Waals surface area contributed by atoms with Crippen molar-refractivity contribution in [2.75, 3.05) is 245 Å². The molecule has 0 N–H and O–H groups in total. The Morgan fingerprint density at radius 1 is 0.338 bits per heavy atom. The van der Waals surface area contributed by atoms with Gasteiger partial charge in [-0.3, -0.25) is 0 Å². The van der Waals surface area contributed by atoms with E-state index in [9.17, 15) is 0 Å². The molecule has 3 unspecified atom stereocenters. The molecule has 3 atom stereocenters. The highest BCUT2D eigenvalue weighted by atomic mass is 16.6. The Morgan fingerprint density at radius 2 is 0.649 bits per heavy atom. The summed E-state index contributed by atoms with van der Waals surface area (Å²) in [6.07, 6.45) is 2.72. The smallest absolute Gasteiger partial charge is 0.123 e. The summed E-state index contributed by atoms with van der Waals surface area (Å²) < 4.78 is 113. The summed E-state index contributed by atoms with van der Waals surface area (Å²) in [4.78, 5) is 0. The Balaban J connectivity index is 1.32. The lowest BCUT2D eigenvalue weighted by molar-refractivity contribution is -0.104. The van der Waals surface area contributed by atoms with Crippen LogP contribution in [0.4, 0.5) is 0 Å². The van der Waals surface area contributed by atoms with Crippen molar-refractivity contribution < 1.29 is 94.7 Å². The van der Waals surface area contributed by atoms with Gasteiger partial charge in [-0.25, -0.2) is 0 Å². The molecule has 0 aromatic heterocycles. The summed E-state index contributed by atoms with van der Waals surface area (Å²) in [6, 6.07) is 18.5. The van der Waals surface area contributed by atoms with Gasteiger partial charge in [0.05, 0.1) is 231 Å². The molecule has 77 heavy (non-hydrogen) atoms. The van der Waals surface area contributed by atoms with Gasteiger partial charge in [-0.1, -0.05) is 67.6 Å². The molecule has 0 radical (unpaired) electrons. The van der Waals surface area contributed by atoms with Gasteiger partial charge in [-0.05, 0) is 11.6 Å². The van der Waals surface area contributed by atoms with Crippen molar-refractivity contribution in [2.45, 2.75) is 25.0 Å². The van der Waals surface area contributed by atoms with Crippen molar-refractivity contribution in [3.63, 3.8) is 0 Å². The predicted octanol–water partition coefficient (Wildman–Crippen LogP) is 5.27. The third-order valence-corrected chi connectivity index (χ3v) is 10.6. The van der Waals surface area contributed by atoms with Gasteiger partial charge < -0.3 is 94.7 Å². The van der Waals surface area contributed by atoms with Crippen LogP contribution in [-0.2, 0) is 90.0 Å². The van der Waals surface area contributed by atoms with Crippen LogP contribution in [0.3, 0.4) is 0 Å². The summed E-state index contributed by atoms with van der Waals surface area (Å²) in [6.45, 7) is 26.3. The molecule has 0 saturated heterocycles.